The summed E-state index contributed by atoms with van der Waals surface area (Å²) >= 11 is 0. The van der Waals surface area contributed by atoms with Crippen molar-refractivity contribution in [2.75, 3.05) is 0 Å². The summed E-state index contributed by atoms with van der Waals surface area (Å²) in [5.74, 6) is -0.326. The Morgan fingerprint density at radius 2 is 1.15 bits per heavy atom. The van der Waals surface area contributed by atoms with E-state index in [1.165, 1.54) is 30.9 Å². The smallest absolute Gasteiger partial charge is 0.375 e. The summed E-state index contributed by atoms with van der Waals surface area (Å²) in [6.45, 7) is 6.22. The average molecular weight is 585 g/mol. The van der Waals surface area contributed by atoms with Crippen molar-refractivity contribution in [3.8, 4) is 16.9 Å². The summed E-state index contributed by atoms with van der Waals surface area (Å²) in [7, 11) is -5.85. The summed E-state index contributed by atoms with van der Waals surface area (Å²) in [5.41, 5.74) is -1.47. The van der Waals surface area contributed by atoms with Gasteiger partial charge >= 0.3 is 15.6 Å². The molecular weight excluding hydrogens is 545 g/mol. The normalized spacial score (nSPS) is 12.3. The summed E-state index contributed by atoms with van der Waals surface area (Å²) in [6.07, 6.45) is 11.0. The zero-order valence-electron chi connectivity index (χ0n) is 24.1. The van der Waals surface area contributed by atoms with E-state index in [9.17, 15) is 21.6 Å². The van der Waals surface area contributed by atoms with Gasteiger partial charge in [0.1, 0.15) is 0 Å². The Bertz CT molecular complexity index is 1610. The van der Waals surface area contributed by atoms with Crippen molar-refractivity contribution in [2.45, 2.75) is 90.5 Å². The second-order valence-corrected chi connectivity index (χ2v) is 12.5. The maximum absolute atomic E-state index is 13.4. The molecule has 0 aliphatic heterocycles. The topological polar surface area (TPSA) is 43.4 Å². The lowest BCUT2D eigenvalue weighted by molar-refractivity contribution is -0.0499. The highest BCUT2D eigenvalue weighted by atomic mass is 32.2. The van der Waals surface area contributed by atoms with Gasteiger partial charge in [-0.1, -0.05) is 94.8 Å². The molecule has 0 radical (unpaired) electrons. The third-order valence-corrected chi connectivity index (χ3v) is 8.63. The van der Waals surface area contributed by atoms with Crippen molar-refractivity contribution in [1.82, 2.24) is 0 Å². The minimum atomic E-state index is -5.85. The molecule has 0 aliphatic rings. The van der Waals surface area contributed by atoms with Gasteiger partial charge in [-0.05, 0) is 94.6 Å². The molecule has 0 aromatic heterocycles. The van der Waals surface area contributed by atoms with Crippen LogP contribution in [0.15, 0.2) is 60.7 Å². The predicted octanol–water partition coefficient (Wildman–Crippen LogP) is 10.4. The van der Waals surface area contributed by atoms with Crippen molar-refractivity contribution < 1.29 is 25.8 Å². The van der Waals surface area contributed by atoms with Gasteiger partial charge in [-0.2, -0.15) is 21.6 Å². The van der Waals surface area contributed by atoms with Gasteiger partial charge in [-0.3, -0.25) is 0 Å². The minimum absolute atomic E-state index is 0.309. The molecule has 0 atom stereocenters. The van der Waals surface area contributed by atoms with E-state index in [0.29, 0.717) is 16.5 Å². The maximum atomic E-state index is 13.4. The number of unbranched alkanes of at least 4 members (excludes halogenated alkanes) is 6. The molecule has 3 nitrogen and oxygen atoms in total. The Balaban J connectivity index is 1.76. The van der Waals surface area contributed by atoms with Gasteiger partial charge in [0.25, 0.3) is 0 Å². The molecule has 0 saturated heterocycles. The van der Waals surface area contributed by atoms with Crippen LogP contribution >= 0.6 is 0 Å². The molecule has 0 unspecified atom stereocenters. The molecule has 4 aromatic rings. The van der Waals surface area contributed by atoms with E-state index < -0.39 is 15.6 Å². The van der Waals surface area contributed by atoms with E-state index in [0.717, 1.165) is 72.2 Å². The van der Waals surface area contributed by atoms with Crippen LogP contribution in [0.2, 0.25) is 0 Å². The summed E-state index contributed by atoms with van der Waals surface area (Å²) in [6, 6.07) is 19.2. The van der Waals surface area contributed by atoms with Crippen LogP contribution in [-0.4, -0.2) is 13.9 Å². The molecule has 0 spiro atoms. The fourth-order valence-electron chi connectivity index (χ4n) is 5.35. The van der Waals surface area contributed by atoms with Gasteiger partial charge in [-0.15, -0.1) is 0 Å². The quantitative estimate of drug-likeness (QED) is 0.0892. The Morgan fingerprint density at radius 1 is 0.634 bits per heavy atom. The highest BCUT2D eigenvalue weighted by Crippen LogP contribution is 2.40. The molecule has 0 saturated carbocycles. The van der Waals surface area contributed by atoms with Crippen molar-refractivity contribution >= 4 is 31.7 Å². The first-order valence-electron chi connectivity index (χ1n) is 14.6. The molecular formula is C34H39F3O3S. The third-order valence-electron chi connectivity index (χ3n) is 7.66. The van der Waals surface area contributed by atoms with Crippen LogP contribution in [0.4, 0.5) is 13.2 Å². The lowest BCUT2D eigenvalue weighted by Gasteiger charge is -2.17. The number of rotatable bonds is 13. The van der Waals surface area contributed by atoms with Crippen LogP contribution in [0.3, 0.4) is 0 Å². The van der Waals surface area contributed by atoms with E-state index >= 15 is 0 Å². The maximum Gasteiger partial charge on any atom is 0.534 e. The van der Waals surface area contributed by atoms with Gasteiger partial charge in [0.15, 0.2) is 5.75 Å². The number of hydrogen-bond donors (Lipinski definition) is 0. The van der Waals surface area contributed by atoms with E-state index in [-0.39, 0.29) is 5.75 Å². The number of alkyl halides is 3. The summed E-state index contributed by atoms with van der Waals surface area (Å²) in [4.78, 5) is 0. The highest BCUT2D eigenvalue weighted by molar-refractivity contribution is 7.88. The molecule has 0 aliphatic carbocycles. The molecule has 0 N–H and O–H groups in total. The summed E-state index contributed by atoms with van der Waals surface area (Å²) < 4.78 is 69.2. The fraction of sp³-hybridized carbons (Fsp3) is 0.412. The largest absolute Gasteiger partial charge is 0.534 e. The lowest BCUT2D eigenvalue weighted by atomic mass is 9.92. The van der Waals surface area contributed by atoms with Crippen LogP contribution in [0, 0.1) is 6.92 Å². The zero-order valence-corrected chi connectivity index (χ0v) is 24.9. The van der Waals surface area contributed by atoms with Crippen LogP contribution in [0.1, 0.15) is 81.9 Å². The second kappa shape index (κ2) is 13.3. The molecule has 0 bridgehead atoms. The van der Waals surface area contributed by atoms with Gasteiger partial charge in [0, 0.05) is 5.56 Å². The van der Waals surface area contributed by atoms with Gasteiger partial charge in [0.05, 0.1) is 0 Å². The Hall–Kier alpha value is -3.06. The molecule has 41 heavy (non-hydrogen) atoms. The summed E-state index contributed by atoms with van der Waals surface area (Å²) in [5, 5.41) is 3.41. The van der Waals surface area contributed by atoms with Crippen LogP contribution in [-0.2, 0) is 23.0 Å². The number of fused-ring (bicyclic) bond motifs is 2. The molecule has 220 valence electrons. The van der Waals surface area contributed by atoms with Gasteiger partial charge in [0.2, 0.25) is 0 Å². The van der Waals surface area contributed by atoms with Crippen LogP contribution < -0.4 is 4.18 Å². The standard InChI is InChI=1S/C34H39F3O3S/c1-4-6-8-10-12-25-14-16-27-21-31(24(3)18-29(27)19-25)32-22-28-17-15-26(13-11-9-7-5-2)20-30(28)23-33(32)40-41(38,39)34(35,36)37/h14-23H,4-13H2,1-3H3. The third kappa shape index (κ3) is 7.62. The first-order valence-corrected chi connectivity index (χ1v) is 16.0. The van der Waals surface area contributed by atoms with Crippen molar-refractivity contribution in [3.05, 3.63) is 77.4 Å². The van der Waals surface area contributed by atoms with Gasteiger partial charge in [-0.25, -0.2) is 0 Å². The molecule has 0 heterocycles. The van der Waals surface area contributed by atoms with Crippen LogP contribution in [0.25, 0.3) is 32.7 Å². The van der Waals surface area contributed by atoms with E-state index in [1.54, 1.807) is 6.07 Å². The molecule has 4 aromatic carbocycles. The second-order valence-electron chi connectivity index (χ2n) is 11.0. The first-order chi connectivity index (χ1) is 19.5. The number of benzene rings is 4. The SMILES string of the molecule is CCCCCCc1ccc2cc(-c3cc4ccc(CCCCCC)cc4cc3OS(=O)(=O)C(F)(F)F)c(C)cc2c1. The van der Waals surface area contributed by atoms with E-state index in [1.807, 2.05) is 43.3 Å². The van der Waals surface area contributed by atoms with Crippen molar-refractivity contribution in [3.63, 3.8) is 0 Å². The van der Waals surface area contributed by atoms with Crippen molar-refractivity contribution in [2.24, 2.45) is 0 Å². The van der Waals surface area contributed by atoms with Crippen LogP contribution in [0.5, 0.6) is 5.75 Å². The predicted molar refractivity (Wildman–Crippen MR) is 163 cm³/mol. The Kier molecular flexibility index (Phi) is 10.0. The minimum Gasteiger partial charge on any atom is -0.375 e. The lowest BCUT2D eigenvalue weighted by Crippen LogP contribution is -2.28. The Labute approximate surface area is 241 Å². The monoisotopic (exact) mass is 584 g/mol. The fourth-order valence-corrected chi connectivity index (χ4v) is 5.81. The average Bonchev–Trinajstić information content (AvgIpc) is 2.92. The molecule has 7 heteroatoms. The number of aryl methyl sites for hydroxylation is 3. The first kappa shape index (κ1) is 30.9. The van der Waals surface area contributed by atoms with E-state index in [4.69, 9.17) is 4.18 Å². The van der Waals surface area contributed by atoms with Crippen molar-refractivity contribution in [1.29, 1.82) is 0 Å². The highest BCUT2D eigenvalue weighted by Gasteiger charge is 2.48. The molecule has 4 rings (SSSR count). The van der Waals surface area contributed by atoms with E-state index in [2.05, 4.69) is 26.0 Å². The Morgan fingerprint density at radius 3 is 1.66 bits per heavy atom. The molecule has 0 amide bonds. The number of hydrogen-bond acceptors (Lipinski definition) is 3. The molecule has 0 fully saturated rings. The number of halogens is 3. The zero-order chi connectivity index (χ0) is 29.6. The van der Waals surface area contributed by atoms with Gasteiger partial charge < -0.3 is 4.18 Å².